The molecule has 0 spiro atoms. The summed E-state index contributed by atoms with van der Waals surface area (Å²) in [5, 5.41) is 0. The highest BCUT2D eigenvalue weighted by Crippen LogP contribution is 2.14. The van der Waals surface area contributed by atoms with Gasteiger partial charge in [-0.1, -0.05) is 35.3 Å². The summed E-state index contributed by atoms with van der Waals surface area (Å²) < 4.78 is 27.6. The predicted molar refractivity (Wildman–Crippen MR) is 69.2 cm³/mol. The maximum absolute atomic E-state index is 11.9. The molecular weight excluding hydrogens is 242 g/mol. The molecule has 0 saturated carbocycles. The third-order valence-corrected chi connectivity index (χ3v) is 5.71. The molecule has 16 heavy (non-hydrogen) atoms. The normalized spacial score (nSPS) is 13.9. The second-order valence-corrected chi connectivity index (χ2v) is 7.29. The van der Waals surface area contributed by atoms with E-state index in [1.807, 2.05) is 20.1 Å². The van der Waals surface area contributed by atoms with Crippen LogP contribution >= 0.6 is 0 Å². The van der Waals surface area contributed by atoms with Gasteiger partial charge in [0.2, 0.25) is 0 Å². The molecule has 0 heterocycles. The first-order valence-corrected chi connectivity index (χ1v) is 8.33. The van der Waals surface area contributed by atoms with E-state index in [1.165, 1.54) is 0 Å². The van der Waals surface area contributed by atoms with E-state index in [4.69, 9.17) is 0 Å². The topological polar surface area (TPSA) is 46.5 Å². The van der Waals surface area contributed by atoms with Gasteiger partial charge in [-0.25, -0.2) is 0 Å². The van der Waals surface area contributed by atoms with E-state index in [1.54, 1.807) is 24.3 Å². The molecule has 0 amide bonds. The van der Waals surface area contributed by atoms with Crippen molar-refractivity contribution in [2.24, 2.45) is 3.77 Å². The van der Waals surface area contributed by atoms with E-state index in [-0.39, 0.29) is 4.90 Å². The average Bonchev–Trinajstić information content (AvgIpc) is 2.17. The Morgan fingerprint density at radius 1 is 1.25 bits per heavy atom. The highest BCUT2D eigenvalue weighted by molar-refractivity contribution is 7.99. The number of hydrogen-bond acceptors (Lipinski definition) is 2. The molecule has 1 aromatic rings. The minimum absolute atomic E-state index is 0.286. The Balaban J connectivity index is 3.03. The third kappa shape index (κ3) is 3.72. The number of nitrogens with zero attached hydrogens (tertiary/aromatic N) is 1. The lowest BCUT2D eigenvalue weighted by Crippen LogP contribution is -2.01. The van der Waals surface area contributed by atoms with Crippen LogP contribution in [0.4, 0.5) is 0 Å². The highest BCUT2D eigenvalue weighted by atomic mass is 32.3. The highest BCUT2D eigenvalue weighted by Gasteiger charge is 2.11. The number of rotatable bonds is 4. The summed E-state index contributed by atoms with van der Waals surface area (Å²) in [6.07, 6.45) is 2.81. The molecule has 1 rings (SSSR count). The fourth-order valence-electron chi connectivity index (χ4n) is 1.25. The van der Waals surface area contributed by atoms with Crippen LogP contribution in [0.2, 0.25) is 0 Å². The number of hydrogen-bond donors (Lipinski definition) is 0. The zero-order valence-corrected chi connectivity index (χ0v) is 11.4. The summed E-state index contributed by atoms with van der Waals surface area (Å²) >= 11 is 0. The van der Waals surface area contributed by atoms with E-state index in [9.17, 15) is 8.42 Å². The summed E-state index contributed by atoms with van der Waals surface area (Å²) in [7, 11) is -3.87. The van der Waals surface area contributed by atoms with Crippen molar-refractivity contribution in [1.29, 1.82) is 0 Å². The molecule has 0 saturated heterocycles. The molecule has 90 valence electrons. The summed E-state index contributed by atoms with van der Waals surface area (Å²) in [5.41, 5.74) is 1.04. The van der Waals surface area contributed by atoms with Crippen LogP contribution < -0.4 is 0 Å². The molecule has 0 aliphatic heterocycles. The molecule has 0 aliphatic carbocycles. The van der Waals surface area contributed by atoms with Gasteiger partial charge in [-0.2, -0.15) is 8.42 Å². The van der Waals surface area contributed by atoms with Crippen molar-refractivity contribution < 1.29 is 8.42 Å². The SMILES string of the molecule is CCC[S@](C)=NS(=O)(=O)c1ccc(C)cc1. The van der Waals surface area contributed by atoms with E-state index < -0.39 is 20.7 Å². The minimum Gasteiger partial charge on any atom is -0.199 e. The summed E-state index contributed by atoms with van der Waals surface area (Å²) in [6.45, 7) is 3.95. The molecule has 1 aromatic carbocycles. The largest absolute Gasteiger partial charge is 0.287 e. The zero-order chi connectivity index (χ0) is 12.2. The standard InChI is InChI=1S/C11H17NO2S2/c1-4-9-15(3)12-16(13,14)11-7-5-10(2)6-8-11/h5-8H,4,9H2,1-3H3/t15-/m0/s1. The van der Waals surface area contributed by atoms with Gasteiger partial charge in [0, 0.05) is 5.75 Å². The fourth-order valence-corrected chi connectivity index (χ4v) is 4.31. The average molecular weight is 259 g/mol. The van der Waals surface area contributed by atoms with Gasteiger partial charge in [-0.3, -0.25) is 0 Å². The lowest BCUT2D eigenvalue weighted by Gasteiger charge is -2.02. The Hall–Kier alpha value is -0.680. The van der Waals surface area contributed by atoms with Crippen molar-refractivity contribution in [3.05, 3.63) is 29.8 Å². The fraction of sp³-hybridized carbons (Fsp3) is 0.455. The molecule has 0 bridgehead atoms. The quantitative estimate of drug-likeness (QED) is 0.834. The van der Waals surface area contributed by atoms with Gasteiger partial charge in [0.25, 0.3) is 10.0 Å². The molecule has 0 fully saturated rings. The Labute approximate surface area is 100 Å². The number of benzene rings is 1. The van der Waals surface area contributed by atoms with Gasteiger partial charge in [0.15, 0.2) is 0 Å². The predicted octanol–water partition coefficient (Wildman–Crippen LogP) is 2.53. The molecule has 0 unspecified atom stereocenters. The smallest absolute Gasteiger partial charge is 0.199 e. The van der Waals surface area contributed by atoms with Gasteiger partial charge in [0.1, 0.15) is 0 Å². The summed E-state index contributed by atoms with van der Waals surface area (Å²) in [5.74, 6) is 0.824. The first-order valence-electron chi connectivity index (χ1n) is 5.13. The molecule has 0 aromatic heterocycles. The van der Waals surface area contributed by atoms with E-state index >= 15 is 0 Å². The lowest BCUT2D eigenvalue weighted by atomic mass is 10.2. The van der Waals surface area contributed by atoms with E-state index in [0.717, 1.165) is 17.7 Å². The zero-order valence-electron chi connectivity index (χ0n) is 9.80. The lowest BCUT2D eigenvalue weighted by molar-refractivity contribution is 0.598. The second-order valence-electron chi connectivity index (χ2n) is 3.67. The van der Waals surface area contributed by atoms with E-state index in [0.29, 0.717) is 0 Å². The minimum atomic E-state index is -3.46. The van der Waals surface area contributed by atoms with Crippen LogP contribution in [0.5, 0.6) is 0 Å². The van der Waals surface area contributed by atoms with Gasteiger partial charge < -0.3 is 0 Å². The monoisotopic (exact) mass is 259 g/mol. The van der Waals surface area contributed by atoms with Gasteiger partial charge in [-0.15, -0.1) is 3.77 Å². The summed E-state index contributed by atoms with van der Waals surface area (Å²) in [4.78, 5) is 0.286. The van der Waals surface area contributed by atoms with Crippen LogP contribution in [0.3, 0.4) is 0 Å². The molecule has 0 N–H and O–H groups in total. The maximum atomic E-state index is 11.9. The van der Waals surface area contributed by atoms with Crippen LogP contribution in [-0.2, 0) is 20.7 Å². The van der Waals surface area contributed by atoms with Crippen molar-refractivity contribution in [1.82, 2.24) is 0 Å². The van der Waals surface area contributed by atoms with Crippen LogP contribution in [0.15, 0.2) is 32.9 Å². The third-order valence-electron chi connectivity index (χ3n) is 2.04. The first kappa shape index (κ1) is 13.4. The first-order chi connectivity index (χ1) is 7.45. The van der Waals surface area contributed by atoms with Crippen molar-refractivity contribution in [2.75, 3.05) is 12.0 Å². The van der Waals surface area contributed by atoms with Crippen molar-refractivity contribution >= 4 is 20.7 Å². The van der Waals surface area contributed by atoms with Gasteiger partial charge >= 0.3 is 0 Å². The second kappa shape index (κ2) is 5.59. The van der Waals surface area contributed by atoms with Crippen molar-refractivity contribution in [3.8, 4) is 0 Å². The van der Waals surface area contributed by atoms with Crippen LogP contribution in [0, 0.1) is 6.92 Å². The molecule has 5 heteroatoms. The van der Waals surface area contributed by atoms with E-state index in [2.05, 4.69) is 3.77 Å². The number of aryl methyl sites for hydroxylation is 1. The molecule has 0 radical (unpaired) electrons. The Morgan fingerprint density at radius 3 is 2.31 bits per heavy atom. The Kier molecular flexibility index (Phi) is 4.68. The van der Waals surface area contributed by atoms with Crippen LogP contribution in [0.1, 0.15) is 18.9 Å². The Bertz CT molecular complexity index is 475. The van der Waals surface area contributed by atoms with Crippen LogP contribution in [0.25, 0.3) is 0 Å². The maximum Gasteiger partial charge on any atom is 0.287 e. The molecule has 3 nitrogen and oxygen atoms in total. The van der Waals surface area contributed by atoms with Crippen LogP contribution in [-0.4, -0.2) is 20.4 Å². The molecular formula is C11H17NO2S2. The van der Waals surface area contributed by atoms with Gasteiger partial charge in [0.05, 0.1) is 4.90 Å². The summed E-state index contributed by atoms with van der Waals surface area (Å²) in [6, 6.07) is 6.79. The molecule has 1 atom stereocenters. The number of sulfonamides is 1. The molecule has 0 aliphatic rings. The Morgan fingerprint density at radius 2 is 1.81 bits per heavy atom. The van der Waals surface area contributed by atoms with Crippen molar-refractivity contribution in [3.63, 3.8) is 0 Å². The van der Waals surface area contributed by atoms with Gasteiger partial charge in [-0.05, 0) is 31.7 Å². The van der Waals surface area contributed by atoms with Crippen molar-refractivity contribution in [2.45, 2.75) is 25.2 Å².